The van der Waals surface area contributed by atoms with Crippen molar-refractivity contribution in [3.8, 4) is 0 Å². The predicted octanol–water partition coefficient (Wildman–Crippen LogP) is 2.65. The summed E-state index contributed by atoms with van der Waals surface area (Å²) in [6.07, 6.45) is 3.51. The lowest BCUT2D eigenvalue weighted by Crippen LogP contribution is -1.99. The number of ketones is 1. The molecule has 0 bridgehead atoms. The quantitative estimate of drug-likeness (QED) is 0.743. The monoisotopic (exact) mass is 197 g/mol. The van der Waals surface area contributed by atoms with Gasteiger partial charge in [-0.3, -0.25) is 9.78 Å². The average molecular weight is 198 g/mol. The van der Waals surface area contributed by atoms with E-state index in [0.717, 1.165) is 5.69 Å². The molecule has 2 nitrogen and oxygen atoms in total. The molecule has 0 aliphatic carbocycles. The molecule has 0 aromatic carbocycles. The Morgan fingerprint density at radius 1 is 1.62 bits per heavy atom. The van der Waals surface area contributed by atoms with Crippen molar-refractivity contribution in [2.45, 2.75) is 26.2 Å². The summed E-state index contributed by atoms with van der Waals surface area (Å²) in [5.74, 6) is 0.266. The van der Waals surface area contributed by atoms with Crippen LogP contribution in [0.2, 0.25) is 5.02 Å². The Balaban J connectivity index is 2.50. The lowest BCUT2D eigenvalue weighted by atomic mass is 10.1. The minimum Gasteiger partial charge on any atom is -0.300 e. The number of aromatic nitrogens is 1. The number of halogens is 1. The van der Waals surface area contributed by atoms with Crippen LogP contribution >= 0.6 is 11.6 Å². The van der Waals surface area contributed by atoms with Crippen molar-refractivity contribution in [3.63, 3.8) is 0 Å². The molecule has 0 saturated heterocycles. The minimum absolute atomic E-state index is 0.266. The van der Waals surface area contributed by atoms with E-state index in [1.54, 1.807) is 18.3 Å². The molecule has 0 fully saturated rings. The predicted molar refractivity (Wildman–Crippen MR) is 52.9 cm³/mol. The molecule has 1 heterocycles. The van der Waals surface area contributed by atoms with E-state index in [1.807, 2.05) is 6.92 Å². The van der Waals surface area contributed by atoms with Crippen LogP contribution in [0.25, 0.3) is 0 Å². The van der Waals surface area contributed by atoms with Crippen molar-refractivity contribution >= 4 is 17.4 Å². The largest absolute Gasteiger partial charge is 0.300 e. The molecular weight excluding hydrogens is 186 g/mol. The standard InChI is InChI=1S/C10H12ClNO/c1-2-10(13)4-3-9-7-8(11)5-6-12-9/h5-7H,2-4H2,1H3. The van der Waals surface area contributed by atoms with Gasteiger partial charge in [0.15, 0.2) is 0 Å². The molecule has 0 aliphatic heterocycles. The number of carbonyl (C=O) groups is 1. The van der Waals surface area contributed by atoms with Gasteiger partial charge >= 0.3 is 0 Å². The third-order valence-corrected chi connectivity index (χ3v) is 2.07. The molecular formula is C10H12ClNO. The number of rotatable bonds is 4. The second-order valence-electron chi connectivity index (χ2n) is 2.86. The zero-order chi connectivity index (χ0) is 9.68. The van der Waals surface area contributed by atoms with Crippen LogP contribution in [0.5, 0.6) is 0 Å². The summed E-state index contributed by atoms with van der Waals surface area (Å²) in [7, 11) is 0. The fourth-order valence-corrected chi connectivity index (χ4v) is 1.21. The van der Waals surface area contributed by atoms with Crippen LogP contribution in [-0.2, 0) is 11.2 Å². The van der Waals surface area contributed by atoms with Gasteiger partial charge in [0.2, 0.25) is 0 Å². The van der Waals surface area contributed by atoms with E-state index in [9.17, 15) is 4.79 Å². The highest BCUT2D eigenvalue weighted by Gasteiger charge is 2.00. The fourth-order valence-electron chi connectivity index (χ4n) is 1.03. The number of hydrogen-bond donors (Lipinski definition) is 0. The van der Waals surface area contributed by atoms with Crippen LogP contribution in [0.4, 0.5) is 0 Å². The fraction of sp³-hybridized carbons (Fsp3) is 0.400. The molecule has 13 heavy (non-hydrogen) atoms. The highest BCUT2D eigenvalue weighted by Crippen LogP contribution is 2.09. The first-order valence-corrected chi connectivity index (χ1v) is 4.72. The first-order chi connectivity index (χ1) is 6.22. The van der Waals surface area contributed by atoms with E-state index in [2.05, 4.69) is 4.98 Å². The van der Waals surface area contributed by atoms with Gasteiger partial charge in [-0.1, -0.05) is 18.5 Å². The second-order valence-corrected chi connectivity index (χ2v) is 3.29. The van der Waals surface area contributed by atoms with Crippen LogP contribution in [0.15, 0.2) is 18.3 Å². The number of hydrogen-bond acceptors (Lipinski definition) is 2. The van der Waals surface area contributed by atoms with Gasteiger partial charge in [0, 0.05) is 29.8 Å². The third-order valence-electron chi connectivity index (χ3n) is 1.83. The maximum absolute atomic E-state index is 11.0. The molecule has 1 rings (SSSR count). The van der Waals surface area contributed by atoms with Crippen LogP contribution in [0, 0.1) is 0 Å². The van der Waals surface area contributed by atoms with E-state index in [-0.39, 0.29) is 5.78 Å². The Kier molecular flexibility index (Phi) is 3.90. The van der Waals surface area contributed by atoms with Crippen molar-refractivity contribution < 1.29 is 4.79 Å². The summed E-state index contributed by atoms with van der Waals surface area (Å²) in [5, 5.41) is 0.675. The third kappa shape index (κ3) is 3.55. The van der Waals surface area contributed by atoms with Gasteiger partial charge in [0.25, 0.3) is 0 Å². The van der Waals surface area contributed by atoms with Crippen molar-refractivity contribution in [2.24, 2.45) is 0 Å². The normalized spacial score (nSPS) is 10.0. The van der Waals surface area contributed by atoms with E-state index in [0.29, 0.717) is 24.3 Å². The first-order valence-electron chi connectivity index (χ1n) is 4.34. The Bertz CT molecular complexity index is 299. The number of carbonyl (C=O) groups excluding carboxylic acids is 1. The number of aryl methyl sites for hydroxylation is 1. The number of nitrogens with zero attached hydrogens (tertiary/aromatic N) is 1. The van der Waals surface area contributed by atoms with Crippen molar-refractivity contribution in [1.82, 2.24) is 4.98 Å². The highest BCUT2D eigenvalue weighted by atomic mass is 35.5. The molecule has 0 saturated carbocycles. The summed E-state index contributed by atoms with van der Waals surface area (Å²) in [6.45, 7) is 1.87. The Labute approximate surface area is 82.9 Å². The van der Waals surface area contributed by atoms with E-state index >= 15 is 0 Å². The van der Waals surface area contributed by atoms with E-state index in [4.69, 9.17) is 11.6 Å². The molecule has 0 amide bonds. The van der Waals surface area contributed by atoms with Gasteiger partial charge < -0.3 is 0 Å². The van der Waals surface area contributed by atoms with Crippen molar-refractivity contribution in [1.29, 1.82) is 0 Å². The van der Waals surface area contributed by atoms with Gasteiger partial charge in [0.05, 0.1) is 0 Å². The molecule has 0 unspecified atom stereocenters. The van der Waals surface area contributed by atoms with Gasteiger partial charge in [-0.2, -0.15) is 0 Å². The topological polar surface area (TPSA) is 30.0 Å². The lowest BCUT2D eigenvalue weighted by Gasteiger charge is -1.98. The van der Waals surface area contributed by atoms with E-state index in [1.165, 1.54) is 0 Å². The Morgan fingerprint density at radius 3 is 3.00 bits per heavy atom. The van der Waals surface area contributed by atoms with Crippen LogP contribution in [0.1, 0.15) is 25.5 Å². The minimum atomic E-state index is 0.266. The summed E-state index contributed by atoms with van der Waals surface area (Å²) < 4.78 is 0. The maximum Gasteiger partial charge on any atom is 0.133 e. The molecule has 3 heteroatoms. The molecule has 0 N–H and O–H groups in total. The lowest BCUT2D eigenvalue weighted by molar-refractivity contribution is -0.118. The van der Waals surface area contributed by atoms with Crippen molar-refractivity contribution in [3.05, 3.63) is 29.0 Å². The summed E-state index contributed by atoms with van der Waals surface area (Å²) >= 11 is 5.77. The molecule has 1 aromatic rings. The Morgan fingerprint density at radius 2 is 2.38 bits per heavy atom. The molecule has 0 aliphatic rings. The van der Waals surface area contributed by atoms with E-state index < -0.39 is 0 Å². The first kappa shape index (κ1) is 10.2. The Hall–Kier alpha value is -0.890. The summed E-state index contributed by atoms with van der Waals surface area (Å²) in [6, 6.07) is 3.52. The molecule has 0 spiro atoms. The van der Waals surface area contributed by atoms with Crippen LogP contribution in [-0.4, -0.2) is 10.8 Å². The second kappa shape index (κ2) is 4.97. The van der Waals surface area contributed by atoms with Crippen LogP contribution < -0.4 is 0 Å². The zero-order valence-electron chi connectivity index (χ0n) is 7.59. The molecule has 1 aromatic heterocycles. The van der Waals surface area contributed by atoms with Gasteiger partial charge in [-0.15, -0.1) is 0 Å². The molecule has 0 radical (unpaired) electrons. The van der Waals surface area contributed by atoms with Crippen LogP contribution in [0.3, 0.4) is 0 Å². The maximum atomic E-state index is 11.0. The molecule has 0 atom stereocenters. The smallest absolute Gasteiger partial charge is 0.133 e. The van der Waals surface area contributed by atoms with Crippen molar-refractivity contribution in [2.75, 3.05) is 0 Å². The molecule has 70 valence electrons. The van der Waals surface area contributed by atoms with Gasteiger partial charge in [-0.25, -0.2) is 0 Å². The zero-order valence-corrected chi connectivity index (χ0v) is 8.34. The summed E-state index contributed by atoms with van der Waals surface area (Å²) in [4.78, 5) is 15.1. The average Bonchev–Trinajstić information content (AvgIpc) is 2.14. The van der Waals surface area contributed by atoms with Gasteiger partial charge in [-0.05, 0) is 18.6 Å². The van der Waals surface area contributed by atoms with Gasteiger partial charge in [0.1, 0.15) is 5.78 Å². The summed E-state index contributed by atoms with van der Waals surface area (Å²) in [5.41, 5.74) is 0.884. The highest BCUT2D eigenvalue weighted by molar-refractivity contribution is 6.30. The SMILES string of the molecule is CCC(=O)CCc1cc(Cl)ccn1. The number of pyridine rings is 1. The number of Topliss-reactive ketones (excluding diaryl/α,β-unsaturated/α-hetero) is 1.